The first-order valence-corrected chi connectivity index (χ1v) is 7.04. The van der Waals surface area contributed by atoms with Gasteiger partial charge in [-0.25, -0.2) is 0 Å². The van der Waals surface area contributed by atoms with Crippen molar-refractivity contribution in [2.75, 3.05) is 5.75 Å². The topological polar surface area (TPSA) is 58.2 Å². The van der Waals surface area contributed by atoms with E-state index < -0.39 is 0 Å². The lowest BCUT2D eigenvalue weighted by Crippen LogP contribution is -2.43. The van der Waals surface area contributed by atoms with E-state index in [0.717, 1.165) is 5.75 Å². The fourth-order valence-electron chi connectivity index (χ4n) is 2.37. The van der Waals surface area contributed by atoms with Crippen molar-refractivity contribution in [2.24, 2.45) is 0 Å². The molecule has 1 saturated heterocycles. The number of amides is 2. The monoisotopic (exact) mass is 262 g/mol. The second kappa shape index (κ2) is 4.65. The molecule has 2 aliphatic rings. The van der Waals surface area contributed by atoms with Crippen molar-refractivity contribution < 1.29 is 9.59 Å². The quantitative estimate of drug-likeness (QED) is 0.843. The van der Waals surface area contributed by atoms with Crippen molar-refractivity contribution in [3.63, 3.8) is 0 Å². The molecule has 2 atom stereocenters. The van der Waals surface area contributed by atoms with E-state index in [-0.39, 0.29) is 23.9 Å². The summed E-state index contributed by atoms with van der Waals surface area (Å²) in [4.78, 5) is 24.4. The van der Waals surface area contributed by atoms with Crippen molar-refractivity contribution in [1.29, 1.82) is 0 Å². The number of nitrogens with one attached hydrogen (secondary N) is 2. The Bertz CT molecular complexity index is 504. The standard InChI is InChI=1S/C13H14N2O2S/c16-12-6-5-9(14-12)13(17)15-10-7-18-11-4-2-1-3-8(10)11/h1-4,9-10H,5-7H2,(H,14,16)(H,15,17)/t9-,10?/m1/s1. The van der Waals surface area contributed by atoms with Crippen molar-refractivity contribution >= 4 is 23.6 Å². The third-order valence-electron chi connectivity index (χ3n) is 3.33. The Hall–Kier alpha value is -1.49. The van der Waals surface area contributed by atoms with Gasteiger partial charge in [0.25, 0.3) is 0 Å². The fraction of sp³-hybridized carbons (Fsp3) is 0.385. The van der Waals surface area contributed by atoms with Crippen molar-refractivity contribution in [3.05, 3.63) is 29.8 Å². The molecule has 1 aromatic rings. The first-order chi connectivity index (χ1) is 8.74. The van der Waals surface area contributed by atoms with E-state index in [9.17, 15) is 9.59 Å². The summed E-state index contributed by atoms with van der Waals surface area (Å²) in [5.41, 5.74) is 1.18. The van der Waals surface area contributed by atoms with Gasteiger partial charge in [0.05, 0.1) is 6.04 Å². The van der Waals surface area contributed by atoms with E-state index >= 15 is 0 Å². The molecule has 18 heavy (non-hydrogen) atoms. The second-order valence-corrected chi connectivity index (χ2v) is 5.63. The Morgan fingerprint density at radius 1 is 1.39 bits per heavy atom. The number of carbonyl (C=O) groups excluding carboxylic acids is 2. The Morgan fingerprint density at radius 3 is 3.00 bits per heavy atom. The maximum Gasteiger partial charge on any atom is 0.243 e. The van der Waals surface area contributed by atoms with E-state index in [2.05, 4.69) is 16.7 Å². The van der Waals surface area contributed by atoms with Gasteiger partial charge in [-0.3, -0.25) is 9.59 Å². The van der Waals surface area contributed by atoms with Gasteiger partial charge in [-0.1, -0.05) is 18.2 Å². The van der Waals surface area contributed by atoms with E-state index in [0.29, 0.717) is 12.8 Å². The third kappa shape index (κ3) is 2.10. The number of hydrogen-bond donors (Lipinski definition) is 2. The zero-order valence-electron chi connectivity index (χ0n) is 9.81. The number of rotatable bonds is 2. The predicted molar refractivity (Wildman–Crippen MR) is 69.2 cm³/mol. The minimum absolute atomic E-state index is 0.0312. The molecule has 1 aromatic carbocycles. The molecular formula is C13H14N2O2S. The molecule has 4 nitrogen and oxygen atoms in total. The average Bonchev–Trinajstić information content (AvgIpc) is 2.97. The molecule has 94 valence electrons. The van der Waals surface area contributed by atoms with Crippen LogP contribution in [0.25, 0.3) is 0 Å². The maximum atomic E-state index is 12.0. The van der Waals surface area contributed by atoms with E-state index in [4.69, 9.17) is 0 Å². The molecule has 2 heterocycles. The van der Waals surface area contributed by atoms with Gasteiger partial charge in [0.2, 0.25) is 11.8 Å². The van der Waals surface area contributed by atoms with Crippen LogP contribution in [0.1, 0.15) is 24.4 Å². The van der Waals surface area contributed by atoms with Crippen LogP contribution in [-0.4, -0.2) is 23.6 Å². The van der Waals surface area contributed by atoms with Gasteiger partial charge in [0, 0.05) is 17.1 Å². The van der Waals surface area contributed by atoms with Crippen LogP contribution >= 0.6 is 11.8 Å². The lowest BCUT2D eigenvalue weighted by atomic mass is 10.1. The van der Waals surface area contributed by atoms with Crippen LogP contribution in [0.3, 0.4) is 0 Å². The first kappa shape index (κ1) is 11.6. The van der Waals surface area contributed by atoms with Crippen LogP contribution < -0.4 is 10.6 Å². The highest BCUT2D eigenvalue weighted by Gasteiger charge is 2.31. The summed E-state index contributed by atoms with van der Waals surface area (Å²) >= 11 is 1.76. The number of hydrogen-bond acceptors (Lipinski definition) is 3. The smallest absolute Gasteiger partial charge is 0.243 e. The van der Waals surface area contributed by atoms with Gasteiger partial charge in [-0.2, -0.15) is 0 Å². The number of thioether (sulfide) groups is 1. The lowest BCUT2D eigenvalue weighted by molar-refractivity contribution is -0.126. The lowest BCUT2D eigenvalue weighted by Gasteiger charge is -2.16. The molecule has 3 rings (SSSR count). The van der Waals surface area contributed by atoms with Gasteiger partial charge in [-0.15, -0.1) is 11.8 Å². The predicted octanol–water partition coefficient (Wildman–Crippen LogP) is 1.23. The number of fused-ring (bicyclic) bond motifs is 1. The van der Waals surface area contributed by atoms with Crippen LogP contribution in [0, 0.1) is 0 Å². The minimum Gasteiger partial charge on any atom is -0.347 e. The fourth-order valence-corrected chi connectivity index (χ4v) is 3.53. The van der Waals surface area contributed by atoms with Gasteiger partial charge < -0.3 is 10.6 Å². The number of benzene rings is 1. The molecule has 5 heteroatoms. The van der Waals surface area contributed by atoms with Crippen LogP contribution in [-0.2, 0) is 9.59 Å². The molecule has 2 N–H and O–H groups in total. The van der Waals surface area contributed by atoms with Crippen LogP contribution in [0.4, 0.5) is 0 Å². The molecule has 2 amide bonds. The van der Waals surface area contributed by atoms with Gasteiger partial charge in [-0.05, 0) is 18.1 Å². The summed E-state index contributed by atoms with van der Waals surface area (Å²) in [5.74, 6) is 0.769. The van der Waals surface area contributed by atoms with Crippen molar-refractivity contribution in [3.8, 4) is 0 Å². The highest BCUT2D eigenvalue weighted by Crippen LogP contribution is 2.37. The molecule has 0 spiro atoms. The van der Waals surface area contributed by atoms with Gasteiger partial charge >= 0.3 is 0 Å². The summed E-state index contributed by atoms with van der Waals surface area (Å²) in [6.07, 6.45) is 1.06. The first-order valence-electron chi connectivity index (χ1n) is 6.05. The Kier molecular flexibility index (Phi) is 2.99. The molecule has 0 bridgehead atoms. The third-order valence-corrected chi connectivity index (χ3v) is 4.51. The normalized spacial score (nSPS) is 25.7. The molecule has 0 saturated carbocycles. The minimum atomic E-state index is -0.352. The Balaban J connectivity index is 1.68. The van der Waals surface area contributed by atoms with Crippen LogP contribution in [0.15, 0.2) is 29.2 Å². The summed E-state index contributed by atoms with van der Waals surface area (Å²) in [6.45, 7) is 0. The largest absolute Gasteiger partial charge is 0.347 e. The van der Waals surface area contributed by atoms with E-state index in [1.54, 1.807) is 11.8 Å². The van der Waals surface area contributed by atoms with Crippen molar-refractivity contribution in [1.82, 2.24) is 10.6 Å². The van der Waals surface area contributed by atoms with Crippen molar-refractivity contribution in [2.45, 2.75) is 29.8 Å². The zero-order valence-corrected chi connectivity index (χ0v) is 10.6. The van der Waals surface area contributed by atoms with E-state index in [1.807, 2.05) is 18.2 Å². The summed E-state index contributed by atoms with van der Waals surface area (Å²) < 4.78 is 0. The summed E-state index contributed by atoms with van der Waals surface area (Å²) in [7, 11) is 0. The SMILES string of the molecule is O=C1CC[C@H](C(=O)NC2CSc3ccccc32)N1. The molecule has 2 aliphatic heterocycles. The Labute approximate surface area is 110 Å². The maximum absolute atomic E-state index is 12.0. The van der Waals surface area contributed by atoms with Crippen LogP contribution in [0.2, 0.25) is 0 Å². The zero-order chi connectivity index (χ0) is 12.5. The second-order valence-electron chi connectivity index (χ2n) is 4.57. The molecule has 0 aromatic heterocycles. The van der Waals surface area contributed by atoms with Gasteiger partial charge in [0.1, 0.15) is 6.04 Å². The molecule has 0 aliphatic carbocycles. The highest BCUT2D eigenvalue weighted by atomic mass is 32.2. The number of carbonyl (C=O) groups is 2. The molecular weight excluding hydrogens is 248 g/mol. The molecule has 0 radical (unpaired) electrons. The molecule has 1 unspecified atom stereocenters. The molecule has 1 fully saturated rings. The summed E-state index contributed by atoms with van der Waals surface area (Å²) in [5, 5.41) is 5.72. The Morgan fingerprint density at radius 2 is 2.22 bits per heavy atom. The average molecular weight is 262 g/mol. The summed E-state index contributed by atoms with van der Waals surface area (Å²) in [6, 6.07) is 7.83. The highest BCUT2D eigenvalue weighted by molar-refractivity contribution is 7.99. The van der Waals surface area contributed by atoms with E-state index in [1.165, 1.54) is 10.5 Å². The van der Waals surface area contributed by atoms with Crippen LogP contribution in [0.5, 0.6) is 0 Å². The van der Waals surface area contributed by atoms with Gasteiger partial charge in [0.15, 0.2) is 0 Å².